The number of rotatable bonds is 5. The molecule has 0 aliphatic carbocycles. The van der Waals surface area contributed by atoms with Gasteiger partial charge in [-0.05, 0) is 41.5 Å². The molecule has 3 aromatic carbocycles. The fourth-order valence-electron chi connectivity index (χ4n) is 3.93. The van der Waals surface area contributed by atoms with Gasteiger partial charge in [0.05, 0.1) is 7.11 Å². The van der Waals surface area contributed by atoms with Gasteiger partial charge < -0.3 is 14.5 Å². The van der Waals surface area contributed by atoms with Crippen LogP contribution in [0.4, 0.5) is 4.39 Å². The van der Waals surface area contributed by atoms with E-state index in [0.717, 1.165) is 11.3 Å². The van der Waals surface area contributed by atoms with Crippen molar-refractivity contribution in [3.8, 4) is 16.9 Å². The first-order chi connectivity index (χ1) is 15.5. The summed E-state index contributed by atoms with van der Waals surface area (Å²) in [5.74, 6) is 0.282. The zero-order valence-corrected chi connectivity index (χ0v) is 18.0. The molecule has 0 spiro atoms. The minimum absolute atomic E-state index is 0.0169. The van der Waals surface area contributed by atoms with Crippen LogP contribution in [0.1, 0.15) is 22.3 Å². The second-order valence-corrected chi connectivity index (χ2v) is 7.77. The van der Waals surface area contributed by atoms with Gasteiger partial charge in [0, 0.05) is 43.7 Å². The Morgan fingerprint density at radius 2 is 1.78 bits per heavy atom. The SMILES string of the molecule is COc1cccc(CN2CCN(C(=O)c3cccc(-c4ccccc4F)c3)CCC2=O)c1. The van der Waals surface area contributed by atoms with E-state index in [0.29, 0.717) is 42.9 Å². The first kappa shape index (κ1) is 21.6. The van der Waals surface area contributed by atoms with E-state index < -0.39 is 0 Å². The highest BCUT2D eigenvalue weighted by Gasteiger charge is 2.25. The van der Waals surface area contributed by atoms with Crippen molar-refractivity contribution in [2.45, 2.75) is 13.0 Å². The molecule has 4 rings (SSSR count). The Hall–Kier alpha value is -3.67. The molecule has 1 saturated heterocycles. The molecule has 2 amide bonds. The Kier molecular flexibility index (Phi) is 6.50. The van der Waals surface area contributed by atoms with Crippen LogP contribution in [-0.2, 0) is 11.3 Å². The van der Waals surface area contributed by atoms with Crippen molar-refractivity contribution < 1.29 is 18.7 Å². The number of nitrogens with zero attached hydrogens (tertiary/aromatic N) is 2. The molecule has 0 N–H and O–H groups in total. The highest BCUT2D eigenvalue weighted by Crippen LogP contribution is 2.24. The van der Waals surface area contributed by atoms with Crippen molar-refractivity contribution in [2.75, 3.05) is 26.7 Å². The number of carbonyl (C=O) groups is 2. The van der Waals surface area contributed by atoms with E-state index in [4.69, 9.17) is 4.74 Å². The van der Waals surface area contributed by atoms with Crippen molar-refractivity contribution in [3.63, 3.8) is 0 Å². The van der Waals surface area contributed by atoms with Gasteiger partial charge >= 0.3 is 0 Å². The Morgan fingerprint density at radius 3 is 2.59 bits per heavy atom. The molecule has 6 heteroatoms. The quantitative estimate of drug-likeness (QED) is 0.601. The summed E-state index contributed by atoms with van der Waals surface area (Å²) >= 11 is 0. The summed E-state index contributed by atoms with van der Waals surface area (Å²) in [5.41, 5.74) is 2.58. The van der Waals surface area contributed by atoms with Crippen LogP contribution >= 0.6 is 0 Å². The Bertz CT molecular complexity index is 1130. The number of carbonyl (C=O) groups excluding carboxylic acids is 2. The minimum Gasteiger partial charge on any atom is -0.497 e. The van der Waals surface area contributed by atoms with Gasteiger partial charge in [0.1, 0.15) is 11.6 Å². The number of hydrogen-bond donors (Lipinski definition) is 0. The number of halogens is 1. The molecular formula is C26H25FN2O3. The van der Waals surface area contributed by atoms with E-state index in [1.165, 1.54) is 6.07 Å². The molecule has 0 atom stereocenters. The zero-order valence-electron chi connectivity index (χ0n) is 18.0. The maximum atomic E-state index is 14.2. The fraction of sp³-hybridized carbons (Fsp3) is 0.231. The van der Waals surface area contributed by atoms with Crippen LogP contribution in [0.2, 0.25) is 0 Å². The Morgan fingerprint density at radius 1 is 0.969 bits per heavy atom. The first-order valence-corrected chi connectivity index (χ1v) is 10.6. The molecule has 164 valence electrons. The molecule has 0 bridgehead atoms. The molecule has 0 radical (unpaired) electrons. The van der Waals surface area contributed by atoms with Gasteiger partial charge in [-0.1, -0.05) is 42.5 Å². The standard InChI is InChI=1S/C26H25FN2O3/c1-32-22-9-4-6-19(16-22)18-29-15-14-28(13-12-25(29)30)26(31)21-8-5-7-20(17-21)23-10-2-3-11-24(23)27/h2-11,16-17H,12-15,18H2,1H3. The smallest absolute Gasteiger partial charge is 0.253 e. The van der Waals surface area contributed by atoms with Crippen LogP contribution in [0.5, 0.6) is 5.75 Å². The van der Waals surface area contributed by atoms with Crippen molar-refractivity contribution in [1.29, 1.82) is 0 Å². The van der Waals surface area contributed by atoms with Gasteiger partial charge in [0.15, 0.2) is 0 Å². The molecule has 5 nitrogen and oxygen atoms in total. The summed E-state index contributed by atoms with van der Waals surface area (Å²) < 4.78 is 19.4. The Labute approximate surface area is 187 Å². The third kappa shape index (κ3) is 4.80. The summed E-state index contributed by atoms with van der Waals surface area (Å²) in [5, 5.41) is 0. The number of ether oxygens (including phenoxy) is 1. The van der Waals surface area contributed by atoms with Crippen molar-refractivity contribution >= 4 is 11.8 Å². The molecule has 1 aliphatic rings. The van der Waals surface area contributed by atoms with Crippen LogP contribution in [0.15, 0.2) is 72.8 Å². The summed E-state index contributed by atoms with van der Waals surface area (Å²) in [7, 11) is 1.61. The third-order valence-electron chi connectivity index (χ3n) is 5.68. The summed E-state index contributed by atoms with van der Waals surface area (Å²) in [6.45, 7) is 1.73. The van der Waals surface area contributed by atoms with Crippen LogP contribution < -0.4 is 4.74 Å². The van der Waals surface area contributed by atoms with Crippen LogP contribution in [-0.4, -0.2) is 48.4 Å². The van der Waals surface area contributed by atoms with Crippen molar-refractivity contribution in [2.24, 2.45) is 0 Å². The van der Waals surface area contributed by atoms with E-state index in [-0.39, 0.29) is 24.1 Å². The number of methoxy groups -OCH3 is 1. The summed E-state index contributed by atoms with van der Waals surface area (Å²) in [6, 6.07) is 21.1. The number of hydrogen-bond acceptors (Lipinski definition) is 3. The lowest BCUT2D eigenvalue weighted by molar-refractivity contribution is -0.130. The molecular weight excluding hydrogens is 407 g/mol. The average Bonchev–Trinajstić information content (AvgIpc) is 3.00. The zero-order chi connectivity index (χ0) is 22.5. The van der Waals surface area contributed by atoms with Crippen LogP contribution in [0.3, 0.4) is 0 Å². The minimum atomic E-state index is -0.328. The molecule has 0 aromatic heterocycles. The second kappa shape index (κ2) is 9.64. The Balaban J connectivity index is 1.47. The number of amides is 2. The maximum absolute atomic E-state index is 14.2. The largest absolute Gasteiger partial charge is 0.497 e. The summed E-state index contributed by atoms with van der Waals surface area (Å²) in [4.78, 5) is 29.3. The van der Waals surface area contributed by atoms with Gasteiger partial charge in [0.2, 0.25) is 5.91 Å². The highest BCUT2D eigenvalue weighted by molar-refractivity contribution is 5.96. The van der Waals surface area contributed by atoms with Gasteiger partial charge in [0.25, 0.3) is 5.91 Å². The van der Waals surface area contributed by atoms with E-state index >= 15 is 0 Å². The normalized spacial score (nSPS) is 14.2. The van der Waals surface area contributed by atoms with Gasteiger partial charge in [-0.2, -0.15) is 0 Å². The number of benzene rings is 3. The molecule has 32 heavy (non-hydrogen) atoms. The third-order valence-corrected chi connectivity index (χ3v) is 5.68. The summed E-state index contributed by atoms with van der Waals surface area (Å²) in [6.07, 6.45) is 0.267. The van der Waals surface area contributed by atoms with E-state index in [1.807, 2.05) is 24.3 Å². The van der Waals surface area contributed by atoms with Crippen LogP contribution in [0.25, 0.3) is 11.1 Å². The highest BCUT2D eigenvalue weighted by atomic mass is 19.1. The monoisotopic (exact) mass is 432 g/mol. The van der Waals surface area contributed by atoms with E-state index in [2.05, 4.69) is 0 Å². The molecule has 0 unspecified atom stereocenters. The molecule has 1 fully saturated rings. The lowest BCUT2D eigenvalue weighted by atomic mass is 10.0. The molecule has 1 aliphatic heterocycles. The van der Waals surface area contributed by atoms with Crippen molar-refractivity contribution in [1.82, 2.24) is 9.80 Å². The lowest BCUT2D eigenvalue weighted by Gasteiger charge is -2.23. The maximum Gasteiger partial charge on any atom is 0.253 e. The topological polar surface area (TPSA) is 49.9 Å². The molecule has 1 heterocycles. The van der Waals surface area contributed by atoms with E-state index in [1.54, 1.807) is 59.4 Å². The average molecular weight is 432 g/mol. The lowest BCUT2D eigenvalue weighted by Crippen LogP contribution is -2.35. The van der Waals surface area contributed by atoms with Gasteiger partial charge in [-0.25, -0.2) is 4.39 Å². The van der Waals surface area contributed by atoms with Gasteiger partial charge in [-0.15, -0.1) is 0 Å². The predicted octanol–water partition coefficient (Wildman–Crippen LogP) is 4.38. The second-order valence-electron chi connectivity index (χ2n) is 7.77. The first-order valence-electron chi connectivity index (χ1n) is 10.6. The van der Waals surface area contributed by atoms with Gasteiger partial charge in [-0.3, -0.25) is 9.59 Å². The predicted molar refractivity (Wildman–Crippen MR) is 121 cm³/mol. The van der Waals surface area contributed by atoms with E-state index in [9.17, 15) is 14.0 Å². The van der Waals surface area contributed by atoms with Crippen molar-refractivity contribution in [3.05, 3.63) is 89.7 Å². The fourth-order valence-corrected chi connectivity index (χ4v) is 3.93. The molecule has 0 saturated carbocycles. The van der Waals surface area contributed by atoms with Crippen LogP contribution in [0, 0.1) is 5.82 Å². The molecule has 3 aromatic rings.